The van der Waals surface area contributed by atoms with Gasteiger partial charge in [-0.2, -0.15) is 0 Å². The van der Waals surface area contributed by atoms with Crippen LogP contribution in [0, 0.1) is 5.92 Å². The average molecular weight is 290 g/mol. The third-order valence-electron chi connectivity index (χ3n) is 3.73. The van der Waals surface area contributed by atoms with Crippen molar-refractivity contribution in [3.63, 3.8) is 0 Å². The highest BCUT2D eigenvalue weighted by Crippen LogP contribution is 2.31. The van der Waals surface area contributed by atoms with Gasteiger partial charge in [-0.3, -0.25) is 4.90 Å². The number of nitrogens with zero attached hydrogens (tertiary/aromatic N) is 1. The fourth-order valence-corrected chi connectivity index (χ4v) is 2.79. The molecule has 0 aliphatic carbocycles. The van der Waals surface area contributed by atoms with E-state index in [1.165, 1.54) is 0 Å². The number of fused-ring (bicyclic) bond motifs is 1. The van der Waals surface area contributed by atoms with Crippen LogP contribution in [0.1, 0.15) is 32.8 Å². The summed E-state index contributed by atoms with van der Waals surface area (Å²) in [4.78, 5) is 25.4. The van der Waals surface area contributed by atoms with Crippen LogP contribution >= 0.6 is 0 Å². The summed E-state index contributed by atoms with van der Waals surface area (Å²) in [6.45, 7) is 5.85. The van der Waals surface area contributed by atoms with Crippen molar-refractivity contribution in [3.05, 3.63) is 29.8 Å². The fourth-order valence-electron chi connectivity index (χ4n) is 2.79. The molecule has 2 N–H and O–H groups in total. The molecule has 1 aromatic carbocycles. The van der Waals surface area contributed by atoms with E-state index in [9.17, 15) is 14.7 Å². The third kappa shape index (κ3) is 3.35. The van der Waals surface area contributed by atoms with Crippen molar-refractivity contribution in [1.29, 1.82) is 0 Å². The van der Waals surface area contributed by atoms with Gasteiger partial charge in [-0.05, 0) is 37.3 Å². The molecule has 1 heterocycles. The van der Waals surface area contributed by atoms with Crippen molar-refractivity contribution in [1.82, 2.24) is 5.32 Å². The smallest absolute Gasteiger partial charge is 0.326 e. The molecule has 1 aromatic rings. The Bertz CT molecular complexity index is 542. The number of anilines is 1. The molecule has 2 rings (SSSR count). The molecule has 1 aliphatic heterocycles. The van der Waals surface area contributed by atoms with Crippen LogP contribution in [-0.2, 0) is 11.2 Å². The van der Waals surface area contributed by atoms with Gasteiger partial charge in [0.2, 0.25) is 0 Å². The van der Waals surface area contributed by atoms with Gasteiger partial charge in [-0.1, -0.05) is 32.0 Å². The lowest BCUT2D eigenvalue weighted by Gasteiger charge is -2.26. The van der Waals surface area contributed by atoms with E-state index < -0.39 is 12.0 Å². The summed E-state index contributed by atoms with van der Waals surface area (Å²) in [7, 11) is 0. The number of benzene rings is 1. The van der Waals surface area contributed by atoms with Gasteiger partial charge in [0.1, 0.15) is 6.04 Å². The predicted octanol–water partition coefficient (Wildman–Crippen LogP) is 2.65. The van der Waals surface area contributed by atoms with Crippen LogP contribution in [0.3, 0.4) is 0 Å². The number of urea groups is 1. The van der Waals surface area contributed by atoms with E-state index in [4.69, 9.17) is 0 Å². The fraction of sp³-hybridized carbons (Fsp3) is 0.500. The largest absolute Gasteiger partial charge is 0.480 e. The SMILES string of the molecule is CC(C)C[C@H](NC(=O)N1c2ccccc2CC1C)C(=O)O. The first kappa shape index (κ1) is 15.4. The predicted molar refractivity (Wildman–Crippen MR) is 81.5 cm³/mol. The van der Waals surface area contributed by atoms with E-state index in [1.807, 2.05) is 45.0 Å². The number of carbonyl (C=O) groups is 2. The monoisotopic (exact) mass is 290 g/mol. The molecular weight excluding hydrogens is 268 g/mol. The van der Waals surface area contributed by atoms with Crippen LogP contribution in [-0.4, -0.2) is 29.2 Å². The number of nitrogens with one attached hydrogen (secondary N) is 1. The van der Waals surface area contributed by atoms with Crippen LogP contribution in [0.4, 0.5) is 10.5 Å². The maximum absolute atomic E-state index is 12.5. The molecule has 114 valence electrons. The van der Waals surface area contributed by atoms with Crippen molar-refractivity contribution in [3.8, 4) is 0 Å². The molecule has 2 atom stereocenters. The zero-order valence-corrected chi connectivity index (χ0v) is 12.7. The Morgan fingerprint density at radius 3 is 2.67 bits per heavy atom. The molecule has 0 radical (unpaired) electrons. The number of carbonyl (C=O) groups excluding carboxylic acids is 1. The summed E-state index contributed by atoms with van der Waals surface area (Å²) >= 11 is 0. The first-order valence-electron chi connectivity index (χ1n) is 7.30. The van der Waals surface area contributed by atoms with Crippen LogP contribution in [0.25, 0.3) is 0 Å². The van der Waals surface area contributed by atoms with Crippen LogP contribution < -0.4 is 10.2 Å². The topological polar surface area (TPSA) is 69.6 Å². The number of carboxylic acid groups (broad SMARTS) is 1. The highest BCUT2D eigenvalue weighted by Gasteiger charge is 2.32. The first-order valence-corrected chi connectivity index (χ1v) is 7.30. The van der Waals surface area contributed by atoms with E-state index in [0.29, 0.717) is 6.42 Å². The molecule has 0 fully saturated rings. The van der Waals surface area contributed by atoms with E-state index in [0.717, 1.165) is 17.7 Å². The van der Waals surface area contributed by atoms with Gasteiger partial charge in [0, 0.05) is 11.7 Å². The number of para-hydroxylation sites is 1. The maximum atomic E-state index is 12.5. The van der Waals surface area contributed by atoms with Crippen molar-refractivity contribution in [2.75, 3.05) is 4.90 Å². The second kappa shape index (κ2) is 6.16. The van der Waals surface area contributed by atoms with Crippen LogP contribution in [0.2, 0.25) is 0 Å². The van der Waals surface area contributed by atoms with E-state index in [1.54, 1.807) is 4.90 Å². The van der Waals surface area contributed by atoms with Gasteiger partial charge < -0.3 is 10.4 Å². The van der Waals surface area contributed by atoms with Crippen molar-refractivity contribution in [2.45, 2.75) is 45.7 Å². The number of carboxylic acids is 1. The summed E-state index contributed by atoms with van der Waals surface area (Å²) in [6.07, 6.45) is 1.22. The highest BCUT2D eigenvalue weighted by atomic mass is 16.4. The van der Waals surface area contributed by atoms with Gasteiger partial charge in [0.25, 0.3) is 0 Å². The summed E-state index contributed by atoms with van der Waals surface area (Å²) in [6, 6.07) is 6.60. The normalized spacial score (nSPS) is 18.5. The van der Waals surface area contributed by atoms with Crippen LogP contribution in [0.15, 0.2) is 24.3 Å². The van der Waals surface area contributed by atoms with Crippen LogP contribution in [0.5, 0.6) is 0 Å². The molecule has 1 unspecified atom stereocenters. The minimum absolute atomic E-state index is 0.0379. The second-order valence-electron chi connectivity index (χ2n) is 6.02. The zero-order chi connectivity index (χ0) is 15.6. The summed E-state index contributed by atoms with van der Waals surface area (Å²) in [5.41, 5.74) is 1.99. The molecule has 0 saturated heterocycles. The molecule has 0 saturated carbocycles. The van der Waals surface area contributed by atoms with Crippen molar-refractivity contribution in [2.24, 2.45) is 5.92 Å². The lowest BCUT2D eigenvalue weighted by Crippen LogP contribution is -2.50. The number of hydrogen-bond donors (Lipinski definition) is 2. The summed E-state index contributed by atoms with van der Waals surface area (Å²) in [5, 5.41) is 11.9. The van der Waals surface area contributed by atoms with Crippen molar-refractivity contribution >= 4 is 17.7 Å². The number of hydrogen-bond acceptors (Lipinski definition) is 2. The molecule has 0 aromatic heterocycles. The van der Waals surface area contributed by atoms with E-state index in [-0.39, 0.29) is 18.0 Å². The molecular formula is C16H22N2O3. The Labute approximate surface area is 125 Å². The standard InChI is InChI=1S/C16H22N2O3/c1-10(2)8-13(15(19)20)17-16(21)18-11(3)9-12-6-4-5-7-14(12)18/h4-7,10-11,13H,8-9H2,1-3H3,(H,17,21)(H,19,20)/t11?,13-/m0/s1. The Balaban J connectivity index is 2.14. The molecule has 0 bridgehead atoms. The molecule has 5 nitrogen and oxygen atoms in total. The minimum atomic E-state index is -0.989. The Hall–Kier alpha value is -2.04. The summed E-state index contributed by atoms with van der Waals surface area (Å²) < 4.78 is 0. The molecule has 2 amide bonds. The average Bonchev–Trinajstić information content (AvgIpc) is 2.73. The highest BCUT2D eigenvalue weighted by molar-refractivity contribution is 5.96. The zero-order valence-electron chi connectivity index (χ0n) is 12.7. The van der Waals surface area contributed by atoms with Gasteiger partial charge >= 0.3 is 12.0 Å². The minimum Gasteiger partial charge on any atom is -0.480 e. The van der Waals surface area contributed by atoms with Crippen molar-refractivity contribution < 1.29 is 14.7 Å². The van der Waals surface area contributed by atoms with Gasteiger partial charge in [0.15, 0.2) is 0 Å². The van der Waals surface area contributed by atoms with Gasteiger partial charge in [-0.25, -0.2) is 9.59 Å². The Morgan fingerprint density at radius 1 is 1.38 bits per heavy atom. The van der Waals surface area contributed by atoms with E-state index >= 15 is 0 Å². The lowest BCUT2D eigenvalue weighted by molar-refractivity contribution is -0.139. The molecule has 0 spiro atoms. The van der Waals surface area contributed by atoms with E-state index in [2.05, 4.69) is 5.32 Å². The number of rotatable bonds is 4. The number of amides is 2. The van der Waals surface area contributed by atoms with Gasteiger partial charge in [0.05, 0.1) is 0 Å². The van der Waals surface area contributed by atoms with Gasteiger partial charge in [-0.15, -0.1) is 0 Å². The third-order valence-corrected chi connectivity index (χ3v) is 3.73. The molecule has 1 aliphatic rings. The maximum Gasteiger partial charge on any atom is 0.326 e. The summed E-state index contributed by atoms with van der Waals surface area (Å²) in [5.74, 6) is -0.785. The Kier molecular flexibility index (Phi) is 4.50. The Morgan fingerprint density at radius 2 is 2.05 bits per heavy atom. The second-order valence-corrected chi connectivity index (χ2v) is 6.02. The first-order chi connectivity index (χ1) is 9.90. The number of aliphatic carboxylic acids is 1. The molecule has 21 heavy (non-hydrogen) atoms. The molecule has 5 heteroatoms. The quantitative estimate of drug-likeness (QED) is 0.895. The lowest BCUT2D eigenvalue weighted by atomic mass is 10.0.